The average molecular weight is 222 g/mol. The van der Waals surface area contributed by atoms with Crippen LogP contribution in [0.2, 0.25) is 0 Å². The van der Waals surface area contributed by atoms with Crippen LogP contribution in [0.15, 0.2) is 54.6 Å². The molecule has 1 heteroatoms. The molecule has 0 spiro atoms. The Kier molecular flexibility index (Phi) is 1.66. The Morgan fingerprint density at radius 1 is 0.882 bits per heavy atom. The second-order valence-corrected chi connectivity index (χ2v) is 5.15. The molecule has 0 saturated carbocycles. The largest absolute Gasteiger partial charge is 0.360 e. The summed E-state index contributed by atoms with van der Waals surface area (Å²) in [6.07, 6.45) is 0.309. The summed E-state index contributed by atoms with van der Waals surface area (Å²) in [6.45, 7) is 2.23. The van der Waals surface area contributed by atoms with E-state index in [0.29, 0.717) is 12.0 Å². The van der Waals surface area contributed by atoms with Crippen molar-refractivity contribution in [2.75, 3.05) is 0 Å². The number of hydrogen-bond acceptors (Lipinski definition) is 1. The van der Waals surface area contributed by atoms with Crippen LogP contribution in [0.1, 0.15) is 35.6 Å². The number of ether oxygens (including phenoxy) is 1. The standard InChI is InChI=1S/C16H14O/c1-16-14(11-7-3-2-4-8-11)12-9-5-6-10-13(12)15(16)17-16/h2-10,14-15H,1H3/t14-,15-,16+/m0/s1. The van der Waals surface area contributed by atoms with E-state index in [9.17, 15) is 0 Å². The maximum absolute atomic E-state index is 5.93. The summed E-state index contributed by atoms with van der Waals surface area (Å²) in [5, 5.41) is 0. The lowest BCUT2D eigenvalue weighted by Crippen LogP contribution is -2.15. The van der Waals surface area contributed by atoms with Crippen molar-refractivity contribution in [3.05, 3.63) is 71.3 Å². The molecule has 0 amide bonds. The normalized spacial score (nSPS) is 33.0. The monoisotopic (exact) mass is 222 g/mol. The van der Waals surface area contributed by atoms with Crippen molar-refractivity contribution < 1.29 is 4.74 Å². The van der Waals surface area contributed by atoms with Gasteiger partial charge in [-0.15, -0.1) is 0 Å². The van der Waals surface area contributed by atoms with Crippen LogP contribution in [0.25, 0.3) is 0 Å². The molecular weight excluding hydrogens is 208 g/mol. The Balaban J connectivity index is 1.92. The van der Waals surface area contributed by atoms with Crippen molar-refractivity contribution in [3.63, 3.8) is 0 Å². The first-order chi connectivity index (χ1) is 8.31. The third-order valence-corrected chi connectivity index (χ3v) is 4.13. The maximum atomic E-state index is 5.93. The quantitative estimate of drug-likeness (QED) is 0.671. The summed E-state index contributed by atoms with van der Waals surface area (Å²) in [7, 11) is 0. The van der Waals surface area contributed by atoms with Gasteiger partial charge in [0, 0.05) is 5.92 Å². The summed E-state index contributed by atoms with van der Waals surface area (Å²) in [4.78, 5) is 0. The highest BCUT2D eigenvalue weighted by Crippen LogP contribution is 2.65. The Morgan fingerprint density at radius 2 is 1.53 bits per heavy atom. The van der Waals surface area contributed by atoms with Crippen LogP contribution in [0.3, 0.4) is 0 Å². The van der Waals surface area contributed by atoms with E-state index in [1.807, 2.05) is 0 Å². The van der Waals surface area contributed by atoms with Crippen molar-refractivity contribution >= 4 is 0 Å². The molecule has 84 valence electrons. The van der Waals surface area contributed by atoms with E-state index in [4.69, 9.17) is 4.74 Å². The Labute approximate surface area is 101 Å². The lowest BCUT2D eigenvalue weighted by atomic mass is 9.86. The molecule has 1 fully saturated rings. The van der Waals surface area contributed by atoms with Gasteiger partial charge in [-0.1, -0.05) is 54.6 Å². The molecule has 0 N–H and O–H groups in total. The van der Waals surface area contributed by atoms with E-state index in [0.717, 1.165) is 0 Å². The molecule has 1 nitrogen and oxygen atoms in total. The number of epoxide rings is 1. The summed E-state index contributed by atoms with van der Waals surface area (Å²) < 4.78 is 5.93. The zero-order valence-corrected chi connectivity index (χ0v) is 9.76. The van der Waals surface area contributed by atoms with E-state index < -0.39 is 0 Å². The van der Waals surface area contributed by atoms with Crippen molar-refractivity contribution in [3.8, 4) is 0 Å². The Hall–Kier alpha value is -1.60. The maximum Gasteiger partial charge on any atom is 0.113 e. The van der Waals surface area contributed by atoms with Crippen LogP contribution in [-0.2, 0) is 4.74 Å². The van der Waals surface area contributed by atoms with E-state index >= 15 is 0 Å². The molecule has 3 atom stereocenters. The minimum absolute atomic E-state index is 0.00889. The topological polar surface area (TPSA) is 12.5 Å². The molecule has 1 aliphatic heterocycles. The predicted molar refractivity (Wildman–Crippen MR) is 67.0 cm³/mol. The summed E-state index contributed by atoms with van der Waals surface area (Å²) in [6, 6.07) is 19.4. The molecule has 0 radical (unpaired) electrons. The molecule has 0 unspecified atom stereocenters. The molecule has 2 aromatic carbocycles. The van der Waals surface area contributed by atoms with Gasteiger partial charge in [-0.25, -0.2) is 0 Å². The van der Waals surface area contributed by atoms with Crippen LogP contribution >= 0.6 is 0 Å². The Morgan fingerprint density at radius 3 is 2.29 bits per heavy atom. The van der Waals surface area contributed by atoms with Gasteiger partial charge in [-0.3, -0.25) is 0 Å². The zero-order valence-electron chi connectivity index (χ0n) is 9.76. The molecular formula is C16H14O. The van der Waals surface area contributed by atoms with Gasteiger partial charge in [0.1, 0.15) is 11.7 Å². The zero-order chi connectivity index (χ0) is 11.5. The van der Waals surface area contributed by atoms with Gasteiger partial charge >= 0.3 is 0 Å². The van der Waals surface area contributed by atoms with E-state index in [2.05, 4.69) is 61.5 Å². The molecule has 0 bridgehead atoms. The third-order valence-electron chi connectivity index (χ3n) is 4.13. The highest BCUT2D eigenvalue weighted by atomic mass is 16.6. The summed E-state index contributed by atoms with van der Waals surface area (Å²) >= 11 is 0. The van der Waals surface area contributed by atoms with Crippen LogP contribution < -0.4 is 0 Å². The minimum atomic E-state index is -0.00889. The fourth-order valence-corrected chi connectivity index (χ4v) is 3.29. The second-order valence-electron chi connectivity index (χ2n) is 5.15. The van der Waals surface area contributed by atoms with Crippen LogP contribution in [0, 0.1) is 0 Å². The van der Waals surface area contributed by atoms with Crippen LogP contribution in [0.5, 0.6) is 0 Å². The lowest BCUT2D eigenvalue weighted by Gasteiger charge is -2.19. The fourth-order valence-electron chi connectivity index (χ4n) is 3.29. The summed E-state index contributed by atoms with van der Waals surface area (Å²) in [5.41, 5.74) is 4.18. The number of benzene rings is 2. The van der Waals surface area contributed by atoms with E-state index in [1.165, 1.54) is 16.7 Å². The number of hydrogen-bond donors (Lipinski definition) is 0. The van der Waals surface area contributed by atoms with Crippen molar-refractivity contribution in [2.24, 2.45) is 0 Å². The summed E-state index contributed by atoms with van der Waals surface area (Å²) in [5.74, 6) is 0.393. The average Bonchev–Trinajstić information content (AvgIpc) is 2.98. The molecule has 4 rings (SSSR count). The third kappa shape index (κ3) is 1.12. The molecule has 17 heavy (non-hydrogen) atoms. The predicted octanol–water partition coefficient (Wildman–Crippen LogP) is 3.66. The molecule has 1 heterocycles. The van der Waals surface area contributed by atoms with Gasteiger partial charge in [0.05, 0.1) is 0 Å². The number of fused-ring (bicyclic) bond motifs is 3. The van der Waals surface area contributed by atoms with Gasteiger partial charge in [-0.05, 0) is 23.6 Å². The first kappa shape index (κ1) is 9.43. The van der Waals surface area contributed by atoms with Gasteiger partial charge < -0.3 is 4.74 Å². The van der Waals surface area contributed by atoms with Gasteiger partial charge in [-0.2, -0.15) is 0 Å². The van der Waals surface area contributed by atoms with Gasteiger partial charge in [0.15, 0.2) is 0 Å². The Bertz CT molecular complexity index is 575. The highest BCUT2D eigenvalue weighted by Gasteiger charge is 2.64. The van der Waals surface area contributed by atoms with E-state index in [-0.39, 0.29) is 5.60 Å². The lowest BCUT2D eigenvalue weighted by molar-refractivity contribution is 0.279. The molecule has 0 aromatic heterocycles. The van der Waals surface area contributed by atoms with Crippen LogP contribution in [-0.4, -0.2) is 5.60 Å². The van der Waals surface area contributed by atoms with Crippen molar-refractivity contribution in [1.82, 2.24) is 0 Å². The molecule has 2 aromatic rings. The highest BCUT2D eigenvalue weighted by molar-refractivity contribution is 5.52. The molecule has 2 aliphatic rings. The van der Waals surface area contributed by atoms with Crippen LogP contribution in [0.4, 0.5) is 0 Å². The van der Waals surface area contributed by atoms with Crippen molar-refractivity contribution in [1.29, 1.82) is 0 Å². The van der Waals surface area contributed by atoms with Gasteiger partial charge in [0.25, 0.3) is 0 Å². The van der Waals surface area contributed by atoms with E-state index in [1.54, 1.807) is 0 Å². The first-order valence-electron chi connectivity index (χ1n) is 6.12. The van der Waals surface area contributed by atoms with Gasteiger partial charge in [0.2, 0.25) is 0 Å². The second kappa shape index (κ2) is 2.99. The molecule has 1 saturated heterocycles. The van der Waals surface area contributed by atoms with Crippen molar-refractivity contribution in [2.45, 2.75) is 24.5 Å². The minimum Gasteiger partial charge on any atom is -0.360 e. The number of rotatable bonds is 1. The fraction of sp³-hybridized carbons (Fsp3) is 0.250. The molecule has 1 aliphatic carbocycles. The SMILES string of the molecule is C[C@]12O[C@H]1c1ccccc1[C@@H]2c1ccccc1. The smallest absolute Gasteiger partial charge is 0.113 e. The first-order valence-corrected chi connectivity index (χ1v) is 6.12.